The number of aromatic nitrogens is 2. The number of benzene rings is 1. The van der Waals surface area contributed by atoms with Gasteiger partial charge in [-0.3, -0.25) is 0 Å². The van der Waals surface area contributed by atoms with Gasteiger partial charge in [-0.15, -0.1) is 22.9 Å². The first kappa shape index (κ1) is 14.5. The fraction of sp³-hybridized carbons (Fsp3) is 0.267. The van der Waals surface area contributed by atoms with Gasteiger partial charge in [0, 0.05) is 15.8 Å². The molecule has 2 nitrogen and oxygen atoms in total. The Balaban J connectivity index is 2.20. The Morgan fingerprint density at radius 2 is 2.10 bits per heavy atom. The summed E-state index contributed by atoms with van der Waals surface area (Å²) in [6.45, 7) is 4.29. The van der Waals surface area contributed by atoms with E-state index in [4.69, 9.17) is 11.6 Å². The smallest absolute Gasteiger partial charge is 0.153 e. The standard InChI is InChI=1S/C15H13ClF2N2S/c1-8-3-4-11(21-8)7-20-13-6-10(17)5-12(18)14(13)19-15(20)9(2)16/h3-6,9H,7H2,1-2H3. The van der Waals surface area contributed by atoms with E-state index in [0.29, 0.717) is 17.9 Å². The summed E-state index contributed by atoms with van der Waals surface area (Å²) in [5.41, 5.74) is 0.591. The summed E-state index contributed by atoms with van der Waals surface area (Å²) in [5.74, 6) is -0.732. The summed E-state index contributed by atoms with van der Waals surface area (Å²) in [5, 5.41) is -0.388. The van der Waals surface area contributed by atoms with Crippen molar-refractivity contribution in [2.45, 2.75) is 25.8 Å². The first-order valence-electron chi connectivity index (χ1n) is 6.50. The van der Waals surface area contributed by atoms with Crippen molar-refractivity contribution in [2.24, 2.45) is 0 Å². The number of imidazole rings is 1. The van der Waals surface area contributed by atoms with Crippen molar-refractivity contribution in [1.82, 2.24) is 9.55 Å². The third-order valence-corrected chi connectivity index (χ3v) is 4.45. The summed E-state index contributed by atoms with van der Waals surface area (Å²) < 4.78 is 29.2. The maximum absolute atomic E-state index is 13.9. The minimum atomic E-state index is -0.662. The van der Waals surface area contributed by atoms with Crippen molar-refractivity contribution in [3.05, 3.63) is 51.5 Å². The van der Waals surface area contributed by atoms with Crippen molar-refractivity contribution in [1.29, 1.82) is 0 Å². The van der Waals surface area contributed by atoms with E-state index in [0.717, 1.165) is 10.9 Å². The van der Waals surface area contributed by atoms with Gasteiger partial charge in [0.2, 0.25) is 0 Å². The molecule has 3 rings (SSSR count). The molecule has 0 aliphatic carbocycles. The molecule has 0 saturated heterocycles. The Kier molecular flexibility index (Phi) is 3.71. The summed E-state index contributed by atoms with van der Waals surface area (Å²) in [6, 6.07) is 6.17. The number of rotatable bonds is 3. The third kappa shape index (κ3) is 2.68. The van der Waals surface area contributed by atoms with Crippen LogP contribution < -0.4 is 0 Å². The molecule has 0 aliphatic heterocycles. The summed E-state index contributed by atoms with van der Waals surface area (Å²) in [7, 11) is 0. The molecule has 0 spiro atoms. The van der Waals surface area contributed by atoms with Crippen LogP contribution in [0.3, 0.4) is 0 Å². The van der Waals surface area contributed by atoms with Crippen LogP contribution in [0.2, 0.25) is 0 Å². The third-order valence-electron chi connectivity index (χ3n) is 3.27. The van der Waals surface area contributed by atoms with E-state index < -0.39 is 11.6 Å². The molecule has 0 saturated carbocycles. The zero-order chi connectivity index (χ0) is 15.1. The molecule has 0 fully saturated rings. The Bertz CT molecular complexity index is 807. The molecule has 6 heteroatoms. The second-order valence-corrected chi connectivity index (χ2v) is 6.97. The van der Waals surface area contributed by atoms with Crippen molar-refractivity contribution in [3.8, 4) is 0 Å². The second-order valence-electron chi connectivity index (χ2n) is 4.94. The monoisotopic (exact) mass is 326 g/mol. The van der Waals surface area contributed by atoms with Crippen LogP contribution in [-0.4, -0.2) is 9.55 Å². The minimum Gasteiger partial charge on any atom is -0.321 e. The molecular formula is C15H13ClF2N2S. The fourth-order valence-electron chi connectivity index (χ4n) is 2.36. The predicted octanol–water partition coefficient (Wildman–Crippen LogP) is 5.03. The van der Waals surface area contributed by atoms with Crippen molar-refractivity contribution in [2.75, 3.05) is 0 Å². The lowest BCUT2D eigenvalue weighted by Crippen LogP contribution is -2.04. The fourth-order valence-corrected chi connectivity index (χ4v) is 3.41. The van der Waals surface area contributed by atoms with Gasteiger partial charge < -0.3 is 4.57 Å². The number of aryl methyl sites for hydroxylation is 1. The Hall–Kier alpha value is -1.46. The van der Waals surface area contributed by atoms with Gasteiger partial charge in [-0.1, -0.05) is 0 Å². The molecular weight excluding hydrogens is 314 g/mol. The number of hydrogen-bond donors (Lipinski definition) is 0. The molecule has 0 bridgehead atoms. The molecule has 2 heterocycles. The van der Waals surface area contributed by atoms with Gasteiger partial charge >= 0.3 is 0 Å². The number of halogens is 3. The van der Waals surface area contributed by atoms with Crippen LogP contribution in [-0.2, 0) is 6.54 Å². The van der Waals surface area contributed by atoms with E-state index in [9.17, 15) is 8.78 Å². The molecule has 0 amide bonds. The van der Waals surface area contributed by atoms with E-state index in [1.165, 1.54) is 10.9 Å². The highest BCUT2D eigenvalue weighted by molar-refractivity contribution is 7.11. The summed E-state index contributed by atoms with van der Waals surface area (Å²) in [4.78, 5) is 6.53. The van der Waals surface area contributed by atoms with E-state index in [1.54, 1.807) is 22.8 Å². The number of nitrogens with zero attached hydrogens (tertiary/aromatic N) is 2. The van der Waals surface area contributed by atoms with Gasteiger partial charge in [-0.2, -0.15) is 0 Å². The zero-order valence-corrected chi connectivity index (χ0v) is 13.1. The normalized spacial score (nSPS) is 13.0. The molecule has 0 radical (unpaired) electrons. The topological polar surface area (TPSA) is 17.8 Å². The van der Waals surface area contributed by atoms with Gasteiger partial charge in [0.25, 0.3) is 0 Å². The van der Waals surface area contributed by atoms with E-state index in [-0.39, 0.29) is 10.9 Å². The molecule has 0 aliphatic rings. The SMILES string of the molecule is Cc1ccc(Cn2c(C(C)Cl)nc3c(F)cc(F)cc32)s1. The number of thiophene rings is 1. The zero-order valence-electron chi connectivity index (χ0n) is 11.5. The molecule has 3 aromatic rings. The highest BCUT2D eigenvalue weighted by Gasteiger charge is 2.19. The van der Waals surface area contributed by atoms with Crippen LogP contribution in [0.25, 0.3) is 11.0 Å². The average molecular weight is 327 g/mol. The van der Waals surface area contributed by atoms with Crippen molar-refractivity contribution < 1.29 is 8.78 Å². The number of hydrogen-bond acceptors (Lipinski definition) is 2. The molecule has 1 aromatic carbocycles. The van der Waals surface area contributed by atoms with Crippen LogP contribution in [0.4, 0.5) is 8.78 Å². The second kappa shape index (κ2) is 5.39. The molecule has 0 N–H and O–H groups in total. The van der Waals surface area contributed by atoms with Crippen molar-refractivity contribution in [3.63, 3.8) is 0 Å². The van der Waals surface area contributed by atoms with Crippen LogP contribution in [0.5, 0.6) is 0 Å². The Morgan fingerprint density at radius 1 is 1.33 bits per heavy atom. The Morgan fingerprint density at radius 3 is 2.71 bits per heavy atom. The molecule has 110 valence electrons. The molecule has 1 atom stereocenters. The van der Waals surface area contributed by atoms with Crippen LogP contribution in [0.1, 0.15) is 27.9 Å². The van der Waals surface area contributed by atoms with Gasteiger partial charge in [0.05, 0.1) is 17.4 Å². The lowest BCUT2D eigenvalue weighted by molar-refractivity contribution is 0.590. The summed E-state index contributed by atoms with van der Waals surface area (Å²) >= 11 is 7.79. The first-order chi connectivity index (χ1) is 9.95. The van der Waals surface area contributed by atoms with Gasteiger partial charge in [-0.05, 0) is 32.0 Å². The maximum atomic E-state index is 13.9. The maximum Gasteiger partial charge on any atom is 0.153 e. The lowest BCUT2D eigenvalue weighted by Gasteiger charge is -2.09. The molecule has 2 aromatic heterocycles. The largest absolute Gasteiger partial charge is 0.321 e. The van der Waals surface area contributed by atoms with E-state index >= 15 is 0 Å². The molecule has 1 unspecified atom stereocenters. The van der Waals surface area contributed by atoms with Gasteiger partial charge in [0.1, 0.15) is 17.2 Å². The number of fused-ring (bicyclic) bond motifs is 1. The molecule has 21 heavy (non-hydrogen) atoms. The van der Waals surface area contributed by atoms with Gasteiger partial charge in [0.15, 0.2) is 5.82 Å². The summed E-state index contributed by atoms with van der Waals surface area (Å²) in [6.07, 6.45) is 0. The quantitative estimate of drug-likeness (QED) is 0.617. The highest BCUT2D eigenvalue weighted by Crippen LogP contribution is 2.29. The lowest BCUT2D eigenvalue weighted by atomic mass is 10.3. The van der Waals surface area contributed by atoms with Crippen LogP contribution in [0, 0.1) is 18.6 Å². The predicted molar refractivity (Wildman–Crippen MR) is 82.1 cm³/mol. The average Bonchev–Trinajstić information content (AvgIpc) is 2.95. The Labute approximate surface area is 130 Å². The van der Waals surface area contributed by atoms with Crippen molar-refractivity contribution >= 4 is 34.0 Å². The first-order valence-corrected chi connectivity index (χ1v) is 7.75. The minimum absolute atomic E-state index is 0.159. The van der Waals surface area contributed by atoms with Crippen LogP contribution in [0.15, 0.2) is 24.3 Å². The van der Waals surface area contributed by atoms with Gasteiger partial charge in [-0.25, -0.2) is 13.8 Å². The van der Waals surface area contributed by atoms with E-state index in [2.05, 4.69) is 4.98 Å². The number of alkyl halides is 1. The van der Waals surface area contributed by atoms with E-state index in [1.807, 2.05) is 19.1 Å². The van der Waals surface area contributed by atoms with Crippen LogP contribution >= 0.6 is 22.9 Å². The highest BCUT2D eigenvalue weighted by atomic mass is 35.5.